The van der Waals surface area contributed by atoms with Gasteiger partial charge in [0.2, 0.25) is 0 Å². The number of nitrogens with zero attached hydrogens (tertiary/aromatic N) is 4. The highest BCUT2D eigenvalue weighted by molar-refractivity contribution is 14.1. The maximum Gasteiger partial charge on any atom is 0.0555 e. The topological polar surface area (TPSA) is 13.0 Å². The van der Waals surface area contributed by atoms with Gasteiger partial charge in [-0.2, -0.15) is 0 Å². The van der Waals surface area contributed by atoms with E-state index in [0.717, 1.165) is 0 Å². The van der Waals surface area contributed by atoms with Crippen molar-refractivity contribution in [3.8, 4) is 0 Å². The van der Waals surface area contributed by atoms with Crippen molar-refractivity contribution in [1.29, 1.82) is 0 Å². The lowest BCUT2D eigenvalue weighted by molar-refractivity contribution is -0.194. The van der Waals surface area contributed by atoms with Gasteiger partial charge in [0.25, 0.3) is 0 Å². The monoisotopic (exact) mass is 282 g/mol. The van der Waals surface area contributed by atoms with Crippen molar-refractivity contribution in [2.75, 3.05) is 44.9 Å². The molecular formula is C7H15IN4. The van der Waals surface area contributed by atoms with Crippen LogP contribution in [0.5, 0.6) is 0 Å². The van der Waals surface area contributed by atoms with Crippen LogP contribution >= 0.6 is 22.6 Å². The number of halogens is 1. The zero-order chi connectivity index (χ0) is 8.55. The fraction of sp³-hybridized carbons (Fsp3) is 1.00. The molecule has 0 saturated carbocycles. The van der Waals surface area contributed by atoms with Crippen LogP contribution in [0.4, 0.5) is 0 Å². The van der Waals surface area contributed by atoms with E-state index in [1.165, 1.54) is 40.0 Å². The zero-order valence-electron chi connectivity index (χ0n) is 7.41. The summed E-state index contributed by atoms with van der Waals surface area (Å²) in [6, 6.07) is 0. The van der Waals surface area contributed by atoms with Crippen LogP contribution in [0, 0.1) is 0 Å². The van der Waals surface area contributed by atoms with E-state index in [9.17, 15) is 0 Å². The molecule has 4 bridgehead atoms. The molecule has 70 valence electrons. The lowest BCUT2D eigenvalue weighted by Crippen LogP contribution is -2.71. The molecular weight excluding hydrogens is 267 g/mol. The Morgan fingerprint density at radius 2 is 0.750 bits per heavy atom. The molecule has 4 fully saturated rings. The van der Waals surface area contributed by atoms with Gasteiger partial charge in [-0.1, -0.05) is 22.6 Å². The van der Waals surface area contributed by atoms with Crippen molar-refractivity contribution in [3.63, 3.8) is 0 Å². The second-order valence-electron chi connectivity index (χ2n) is 3.53. The fourth-order valence-electron chi connectivity index (χ4n) is 2.23. The van der Waals surface area contributed by atoms with Gasteiger partial charge in [0.05, 0.1) is 40.0 Å². The van der Waals surface area contributed by atoms with Gasteiger partial charge in [-0.3, -0.25) is 19.6 Å². The minimum atomic E-state index is 1.19. The van der Waals surface area contributed by atoms with E-state index in [1.807, 2.05) is 4.93 Å². The molecule has 4 rings (SSSR count). The highest BCUT2D eigenvalue weighted by Crippen LogP contribution is 2.20. The van der Waals surface area contributed by atoms with Crippen molar-refractivity contribution in [2.45, 2.75) is 0 Å². The normalized spacial score (nSPS) is 48.5. The third-order valence-electron chi connectivity index (χ3n) is 2.40. The molecule has 12 heavy (non-hydrogen) atoms. The van der Waals surface area contributed by atoms with Crippen LogP contribution in [-0.4, -0.2) is 64.5 Å². The minimum Gasteiger partial charge on any atom is -0.264 e. The van der Waals surface area contributed by atoms with E-state index in [1.54, 1.807) is 0 Å². The van der Waals surface area contributed by atoms with Crippen molar-refractivity contribution < 1.29 is 0 Å². The lowest BCUT2D eigenvalue weighted by Gasteiger charge is -2.56. The number of rotatable bonds is 0. The SMILES string of the molecule is C1N2CN3CN1CN(C2)C3.CI. The first kappa shape index (κ1) is 9.14. The lowest BCUT2D eigenvalue weighted by atomic mass is 10.4. The highest BCUT2D eigenvalue weighted by atomic mass is 127. The van der Waals surface area contributed by atoms with E-state index in [-0.39, 0.29) is 0 Å². The van der Waals surface area contributed by atoms with Crippen LogP contribution < -0.4 is 0 Å². The van der Waals surface area contributed by atoms with Gasteiger partial charge in [-0.25, -0.2) is 0 Å². The predicted molar refractivity (Wildman–Crippen MR) is 56.5 cm³/mol. The van der Waals surface area contributed by atoms with E-state index in [4.69, 9.17) is 0 Å². The molecule has 4 aliphatic heterocycles. The van der Waals surface area contributed by atoms with Crippen molar-refractivity contribution in [2.24, 2.45) is 0 Å². The second-order valence-corrected chi connectivity index (χ2v) is 3.53. The van der Waals surface area contributed by atoms with E-state index in [2.05, 4.69) is 42.2 Å². The Balaban J connectivity index is 0.000000264. The highest BCUT2D eigenvalue weighted by Gasteiger charge is 2.36. The molecule has 0 N–H and O–H groups in total. The molecule has 0 spiro atoms. The van der Waals surface area contributed by atoms with Crippen LogP contribution in [0.3, 0.4) is 0 Å². The summed E-state index contributed by atoms with van der Waals surface area (Å²) in [4.78, 5) is 11.8. The van der Waals surface area contributed by atoms with Crippen molar-refractivity contribution in [3.05, 3.63) is 0 Å². The van der Waals surface area contributed by atoms with Crippen LogP contribution in [0.2, 0.25) is 0 Å². The Hall–Kier alpha value is 0.570. The van der Waals surface area contributed by atoms with Crippen LogP contribution in [-0.2, 0) is 0 Å². The van der Waals surface area contributed by atoms with Gasteiger partial charge in [0.15, 0.2) is 0 Å². The third kappa shape index (κ3) is 1.60. The molecule has 0 aromatic heterocycles. The van der Waals surface area contributed by atoms with E-state index >= 15 is 0 Å². The first-order valence-electron chi connectivity index (χ1n) is 4.17. The number of alkyl halides is 1. The van der Waals surface area contributed by atoms with Gasteiger partial charge >= 0.3 is 0 Å². The minimum absolute atomic E-state index is 1.19. The third-order valence-corrected chi connectivity index (χ3v) is 2.40. The molecule has 4 aliphatic rings. The number of hydrogen-bond acceptors (Lipinski definition) is 4. The van der Waals surface area contributed by atoms with Crippen molar-refractivity contribution >= 4 is 22.6 Å². The summed E-state index contributed by atoms with van der Waals surface area (Å²) in [5.41, 5.74) is 0. The van der Waals surface area contributed by atoms with Gasteiger partial charge in [-0.15, -0.1) is 0 Å². The molecule has 0 unspecified atom stereocenters. The van der Waals surface area contributed by atoms with Gasteiger partial charge in [0, 0.05) is 0 Å². The first-order chi connectivity index (χ1) is 5.90. The summed E-state index contributed by atoms with van der Waals surface area (Å²) in [6.45, 7) is 7.12. The maximum absolute atomic E-state index is 2.47. The Labute approximate surface area is 87.2 Å². The molecule has 0 aliphatic carbocycles. The van der Waals surface area contributed by atoms with Gasteiger partial charge in [-0.05, 0) is 4.93 Å². The van der Waals surface area contributed by atoms with E-state index < -0.39 is 0 Å². The van der Waals surface area contributed by atoms with Gasteiger partial charge < -0.3 is 0 Å². The summed E-state index contributed by atoms with van der Waals surface area (Å²) >= 11 is 2.15. The Morgan fingerprint density at radius 1 is 0.583 bits per heavy atom. The molecule has 0 amide bonds. The fourth-order valence-corrected chi connectivity index (χ4v) is 2.23. The van der Waals surface area contributed by atoms with Crippen LogP contribution in [0.25, 0.3) is 0 Å². The summed E-state index contributed by atoms with van der Waals surface area (Å²) in [6.07, 6.45) is 0. The molecule has 0 radical (unpaired) electrons. The molecule has 5 heteroatoms. The Morgan fingerprint density at radius 3 is 0.917 bits per heavy atom. The average Bonchev–Trinajstić information content (AvgIpc) is 2.05. The van der Waals surface area contributed by atoms with Crippen LogP contribution in [0.1, 0.15) is 0 Å². The molecule has 0 aromatic carbocycles. The van der Waals surface area contributed by atoms with E-state index in [0.29, 0.717) is 0 Å². The molecule has 4 saturated heterocycles. The Kier molecular flexibility index (Phi) is 2.85. The van der Waals surface area contributed by atoms with Gasteiger partial charge in [0.1, 0.15) is 0 Å². The molecule has 0 atom stereocenters. The maximum atomic E-state index is 2.47. The second kappa shape index (κ2) is 3.75. The molecule has 0 aromatic rings. The molecule has 4 nitrogen and oxygen atoms in total. The summed E-state index contributed by atoms with van der Waals surface area (Å²) in [7, 11) is 0. The van der Waals surface area contributed by atoms with Crippen molar-refractivity contribution in [1.82, 2.24) is 19.6 Å². The smallest absolute Gasteiger partial charge is 0.0555 e. The largest absolute Gasteiger partial charge is 0.264 e. The predicted octanol–water partition coefficient (Wildman–Crippen LogP) is 0.0314. The number of hydrogen-bond donors (Lipinski definition) is 0. The van der Waals surface area contributed by atoms with Crippen LogP contribution in [0.15, 0.2) is 0 Å². The summed E-state index contributed by atoms with van der Waals surface area (Å²) in [5, 5.41) is 0. The molecule has 4 heterocycles. The summed E-state index contributed by atoms with van der Waals surface area (Å²) in [5.74, 6) is 0. The summed E-state index contributed by atoms with van der Waals surface area (Å²) < 4.78 is 0. The Bertz CT molecular complexity index is 107. The first-order valence-corrected chi connectivity index (χ1v) is 6.33. The average molecular weight is 282 g/mol. The zero-order valence-corrected chi connectivity index (χ0v) is 9.57. The quantitative estimate of drug-likeness (QED) is 0.459. The standard InChI is InChI=1S/C6H12N4.CH3I/c1-7-2-9-4-8(1)5-10(3-7)6-9;1-2/h1-6H2;1H3.